The van der Waals surface area contributed by atoms with Crippen LogP contribution in [0.4, 0.5) is 13.2 Å². The van der Waals surface area contributed by atoms with Crippen LogP contribution in [0.5, 0.6) is 11.5 Å². The van der Waals surface area contributed by atoms with E-state index in [0.717, 1.165) is 23.3 Å². The number of ether oxygens (including phenoxy) is 1. The van der Waals surface area contributed by atoms with Crippen LogP contribution in [0.2, 0.25) is 0 Å². The van der Waals surface area contributed by atoms with E-state index < -0.39 is 11.7 Å². The summed E-state index contributed by atoms with van der Waals surface area (Å²) in [6, 6.07) is 9.99. The van der Waals surface area contributed by atoms with Gasteiger partial charge < -0.3 is 14.1 Å². The van der Waals surface area contributed by atoms with E-state index in [0.29, 0.717) is 31.0 Å². The Balaban J connectivity index is 1.49. The number of carbonyl (C=O) groups is 1. The van der Waals surface area contributed by atoms with Crippen molar-refractivity contribution in [1.82, 2.24) is 9.88 Å². The Morgan fingerprint density at radius 3 is 2.50 bits per heavy atom. The second-order valence-corrected chi connectivity index (χ2v) is 6.40. The van der Waals surface area contributed by atoms with Crippen LogP contribution in [0.3, 0.4) is 0 Å². The molecule has 0 saturated carbocycles. The van der Waals surface area contributed by atoms with E-state index in [1.165, 1.54) is 24.7 Å². The molecule has 3 aromatic rings. The molecule has 28 heavy (non-hydrogen) atoms. The molecule has 0 saturated heterocycles. The number of amides is 1. The van der Waals surface area contributed by atoms with Crippen LogP contribution < -0.4 is 4.74 Å². The molecule has 1 aliphatic rings. The summed E-state index contributed by atoms with van der Waals surface area (Å²) in [6.45, 7) is 0.949. The Kier molecular flexibility index (Phi) is 4.54. The standard InChI is InChI=1S/C20H15F3N2O3/c21-20(22,23)15-2-5-16(6-3-15)28-17-4-1-13-7-8-25(11-14(13)9-17)19(26)18-10-24-12-27-18/h1-6,9-10,12H,7-8,11H2. The van der Waals surface area contributed by atoms with Gasteiger partial charge in [0, 0.05) is 13.1 Å². The van der Waals surface area contributed by atoms with Gasteiger partial charge in [0.05, 0.1) is 11.8 Å². The fourth-order valence-electron chi connectivity index (χ4n) is 3.10. The van der Waals surface area contributed by atoms with Gasteiger partial charge in [0.1, 0.15) is 11.5 Å². The monoisotopic (exact) mass is 388 g/mol. The van der Waals surface area contributed by atoms with E-state index in [9.17, 15) is 18.0 Å². The van der Waals surface area contributed by atoms with Crippen LogP contribution in [0.15, 0.2) is 59.5 Å². The molecule has 0 radical (unpaired) electrons. The number of aromatic nitrogens is 1. The van der Waals surface area contributed by atoms with Crippen molar-refractivity contribution in [2.24, 2.45) is 0 Å². The van der Waals surface area contributed by atoms with Crippen molar-refractivity contribution in [1.29, 1.82) is 0 Å². The summed E-state index contributed by atoms with van der Waals surface area (Å²) in [5, 5.41) is 0. The highest BCUT2D eigenvalue weighted by molar-refractivity contribution is 5.91. The minimum absolute atomic E-state index is 0.181. The van der Waals surface area contributed by atoms with Crippen LogP contribution in [0.25, 0.3) is 0 Å². The summed E-state index contributed by atoms with van der Waals surface area (Å²) >= 11 is 0. The molecule has 0 spiro atoms. The van der Waals surface area contributed by atoms with Crippen molar-refractivity contribution in [2.45, 2.75) is 19.1 Å². The van der Waals surface area contributed by atoms with Crippen LogP contribution in [0.1, 0.15) is 27.2 Å². The Labute approximate surface area is 158 Å². The first-order valence-corrected chi connectivity index (χ1v) is 8.55. The molecule has 1 aliphatic heterocycles. The highest BCUT2D eigenvalue weighted by Gasteiger charge is 2.30. The smallest absolute Gasteiger partial charge is 0.416 e. The van der Waals surface area contributed by atoms with Crippen molar-refractivity contribution < 1.29 is 27.1 Å². The summed E-state index contributed by atoms with van der Waals surface area (Å²) in [6.07, 6.45) is -1.11. The lowest BCUT2D eigenvalue weighted by Gasteiger charge is -2.28. The largest absolute Gasteiger partial charge is 0.457 e. The molecule has 0 atom stereocenters. The predicted octanol–water partition coefficient (Wildman–Crippen LogP) is 4.68. The number of hydrogen-bond acceptors (Lipinski definition) is 4. The summed E-state index contributed by atoms with van der Waals surface area (Å²) in [4.78, 5) is 17.8. The van der Waals surface area contributed by atoms with Gasteiger partial charge in [-0.05, 0) is 53.9 Å². The number of benzene rings is 2. The van der Waals surface area contributed by atoms with E-state index in [-0.39, 0.29) is 11.7 Å². The van der Waals surface area contributed by atoms with Gasteiger partial charge in [0.15, 0.2) is 6.39 Å². The fourth-order valence-corrected chi connectivity index (χ4v) is 3.10. The topological polar surface area (TPSA) is 55.6 Å². The molecular formula is C20H15F3N2O3. The zero-order valence-corrected chi connectivity index (χ0v) is 14.6. The molecule has 2 aromatic carbocycles. The number of carbonyl (C=O) groups excluding carboxylic acids is 1. The second-order valence-electron chi connectivity index (χ2n) is 6.40. The molecule has 5 nitrogen and oxygen atoms in total. The van der Waals surface area contributed by atoms with Gasteiger partial charge in [0.25, 0.3) is 5.91 Å². The van der Waals surface area contributed by atoms with Gasteiger partial charge in [-0.3, -0.25) is 4.79 Å². The normalized spacial score (nSPS) is 13.9. The second kappa shape index (κ2) is 7.03. The van der Waals surface area contributed by atoms with Crippen molar-refractivity contribution >= 4 is 5.91 Å². The maximum Gasteiger partial charge on any atom is 0.416 e. The van der Waals surface area contributed by atoms with Crippen LogP contribution >= 0.6 is 0 Å². The SMILES string of the molecule is O=C(c1cnco1)N1CCc2ccc(Oc3ccc(C(F)(F)F)cc3)cc2C1. The van der Waals surface area contributed by atoms with Crippen molar-refractivity contribution in [3.63, 3.8) is 0 Å². The van der Waals surface area contributed by atoms with Gasteiger partial charge >= 0.3 is 6.18 Å². The predicted molar refractivity (Wildman–Crippen MR) is 92.9 cm³/mol. The summed E-state index contributed by atoms with van der Waals surface area (Å²) in [5.41, 5.74) is 1.29. The Bertz CT molecular complexity index is 983. The maximum atomic E-state index is 12.7. The fraction of sp³-hybridized carbons (Fsp3) is 0.200. The lowest BCUT2D eigenvalue weighted by molar-refractivity contribution is -0.137. The Morgan fingerprint density at radius 2 is 1.82 bits per heavy atom. The first-order valence-electron chi connectivity index (χ1n) is 8.55. The van der Waals surface area contributed by atoms with Gasteiger partial charge in [-0.15, -0.1) is 0 Å². The van der Waals surface area contributed by atoms with E-state index in [1.807, 2.05) is 6.07 Å². The molecule has 1 aromatic heterocycles. The zero-order chi connectivity index (χ0) is 19.7. The molecular weight excluding hydrogens is 373 g/mol. The van der Waals surface area contributed by atoms with Crippen LogP contribution in [-0.4, -0.2) is 22.3 Å². The number of nitrogens with zero attached hydrogens (tertiary/aromatic N) is 2. The highest BCUT2D eigenvalue weighted by Crippen LogP contribution is 2.32. The maximum absolute atomic E-state index is 12.7. The van der Waals surface area contributed by atoms with Crippen LogP contribution in [-0.2, 0) is 19.1 Å². The Hall–Kier alpha value is -3.29. The molecule has 0 fully saturated rings. The minimum Gasteiger partial charge on any atom is -0.457 e. The molecule has 2 heterocycles. The first kappa shape index (κ1) is 18.1. The third-order valence-electron chi connectivity index (χ3n) is 4.54. The quantitative estimate of drug-likeness (QED) is 0.654. The molecule has 8 heteroatoms. The van der Waals surface area contributed by atoms with Crippen LogP contribution in [0, 0.1) is 0 Å². The lowest BCUT2D eigenvalue weighted by Crippen LogP contribution is -2.35. The molecule has 144 valence electrons. The lowest BCUT2D eigenvalue weighted by atomic mass is 9.99. The molecule has 4 rings (SSSR count). The van der Waals surface area contributed by atoms with Gasteiger partial charge in [-0.1, -0.05) is 6.07 Å². The number of halogens is 3. The number of hydrogen-bond donors (Lipinski definition) is 0. The first-order chi connectivity index (χ1) is 13.4. The van der Waals surface area contributed by atoms with Gasteiger partial charge in [0.2, 0.25) is 5.76 Å². The third kappa shape index (κ3) is 3.71. The number of fused-ring (bicyclic) bond motifs is 1. The highest BCUT2D eigenvalue weighted by atomic mass is 19.4. The average Bonchev–Trinajstić information content (AvgIpc) is 3.21. The van der Waals surface area contributed by atoms with E-state index in [2.05, 4.69) is 4.98 Å². The average molecular weight is 388 g/mol. The van der Waals surface area contributed by atoms with Crippen molar-refractivity contribution in [2.75, 3.05) is 6.54 Å². The van der Waals surface area contributed by atoms with Crippen molar-refractivity contribution in [3.05, 3.63) is 77.5 Å². The number of alkyl halides is 3. The number of rotatable bonds is 3. The minimum atomic E-state index is -4.39. The summed E-state index contributed by atoms with van der Waals surface area (Å²) in [7, 11) is 0. The molecule has 1 amide bonds. The molecule has 0 aliphatic carbocycles. The third-order valence-corrected chi connectivity index (χ3v) is 4.54. The summed E-state index contributed by atoms with van der Waals surface area (Å²) in [5.74, 6) is 0.739. The van der Waals surface area contributed by atoms with Crippen molar-refractivity contribution in [3.8, 4) is 11.5 Å². The number of oxazole rings is 1. The van der Waals surface area contributed by atoms with Gasteiger partial charge in [-0.2, -0.15) is 13.2 Å². The zero-order valence-electron chi connectivity index (χ0n) is 14.6. The van der Waals surface area contributed by atoms with E-state index >= 15 is 0 Å². The molecule has 0 bridgehead atoms. The Morgan fingerprint density at radius 1 is 1.07 bits per heavy atom. The molecule has 0 N–H and O–H groups in total. The van der Waals surface area contributed by atoms with Gasteiger partial charge in [-0.25, -0.2) is 4.98 Å². The van der Waals surface area contributed by atoms with E-state index in [1.54, 1.807) is 17.0 Å². The van der Waals surface area contributed by atoms with E-state index in [4.69, 9.17) is 9.15 Å². The summed E-state index contributed by atoms with van der Waals surface area (Å²) < 4.78 is 48.7. The molecule has 0 unspecified atom stereocenters.